The molecule has 1 fully saturated rings. The van der Waals surface area contributed by atoms with Crippen molar-refractivity contribution in [3.05, 3.63) is 0 Å². The van der Waals surface area contributed by atoms with Crippen molar-refractivity contribution in [2.45, 2.75) is 39.7 Å². The van der Waals surface area contributed by atoms with Crippen LogP contribution in [0.1, 0.15) is 33.6 Å². The number of rotatable bonds is 3. The first-order valence-electron chi connectivity index (χ1n) is 6.12. The van der Waals surface area contributed by atoms with Gasteiger partial charge in [0.15, 0.2) is 0 Å². The molecule has 1 aliphatic heterocycles. The van der Waals surface area contributed by atoms with Gasteiger partial charge in [-0.15, -0.1) is 0 Å². The third kappa shape index (κ3) is 2.55. The van der Waals surface area contributed by atoms with Crippen molar-refractivity contribution >= 4 is 5.91 Å². The van der Waals surface area contributed by atoms with E-state index in [0.29, 0.717) is 26.1 Å². The van der Waals surface area contributed by atoms with Crippen molar-refractivity contribution in [3.63, 3.8) is 0 Å². The number of likely N-dealkylation sites (tertiary alicyclic amines) is 1. The van der Waals surface area contributed by atoms with Gasteiger partial charge in [0.2, 0.25) is 5.91 Å². The lowest BCUT2D eigenvalue weighted by Crippen LogP contribution is -2.52. The molecule has 3 unspecified atom stereocenters. The summed E-state index contributed by atoms with van der Waals surface area (Å²) in [6.45, 7) is 7.58. The van der Waals surface area contributed by atoms with Gasteiger partial charge >= 0.3 is 0 Å². The van der Waals surface area contributed by atoms with E-state index < -0.39 is 5.41 Å². The van der Waals surface area contributed by atoms with Crippen LogP contribution >= 0.6 is 0 Å². The predicted octanol–water partition coefficient (Wildman–Crippen LogP) is 0.591. The van der Waals surface area contributed by atoms with Crippen LogP contribution in [-0.2, 0) is 4.79 Å². The lowest BCUT2D eigenvalue weighted by Gasteiger charge is -2.39. The molecule has 1 amide bonds. The lowest BCUT2D eigenvalue weighted by molar-refractivity contribution is -0.144. The van der Waals surface area contributed by atoms with Crippen molar-refractivity contribution in [2.75, 3.05) is 19.6 Å². The summed E-state index contributed by atoms with van der Waals surface area (Å²) >= 11 is 0. The average Bonchev–Trinajstić information content (AvgIpc) is 2.30. The summed E-state index contributed by atoms with van der Waals surface area (Å²) in [5, 5.41) is 9.63. The van der Waals surface area contributed by atoms with Gasteiger partial charge in [-0.3, -0.25) is 4.79 Å². The normalized spacial score (nSPS) is 29.9. The first-order valence-corrected chi connectivity index (χ1v) is 6.12. The fourth-order valence-corrected chi connectivity index (χ4v) is 2.08. The molecule has 1 saturated heterocycles. The fourth-order valence-electron chi connectivity index (χ4n) is 2.08. The van der Waals surface area contributed by atoms with Gasteiger partial charge in [-0.25, -0.2) is 0 Å². The van der Waals surface area contributed by atoms with Gasteiger partial charge in [0, 0.05) is 19.6 Å². The average molecular weight is 228 g/mol. The minimum atomic E-state index is -0.442. The van der Waals surface area contributed by atoms with E-state index in [0.717, 1.165) is 6.42 Å². The molecule has 0 aliphatic carbocycles. The first-order chi connectivity index (χ1) is 7.44. The number of carbonyl (C=O) groups excluding carboxylic acids is 1. The van der Waals surface area contributed by atoms with Crippen LogP contribution in [0.3, 0.4) is 0 Å². The Kier molecular flexibility index (Phi) is 4.33. The molecule has 0 aromatic carbocycles. The van der Waals surface area contributed by atoms with E-state index in [2.05, 4.69) is 0 Å². The summed E-state index contributed by atoms with van der Waals surface area (Å²) in [5.41, 5.74) is 5.25. The Morgan fingerprint density at radius 1 is 1.62 bits per heavy atom. The number of aliphatic hydroxyl groups excluding tert-OH is 1. The quantitative estimate of drug-likeness (QED) is 0.743. The van der Waals surface area contributed by atoms with Crippen LogP contribution in [0, 0.1) is 11.3 Å². The Hall–Kier alpha value is -0.610. The summed E-state index contributed by atoms with van der Waals surface area (Å²) in [7, 11) is 0. The summed E-state index contributed by atoms with van der Waals surface area (Å²) in [6, 6.07) is 0. The molecule has 94 valence electrons. The van der Waals surface area contributed by atoms with E-state index in [1.54, 1.807) is 0 Å². The molecule has 16 heavy (non-hydrogen) atoms. The van der Waals surface area contributed by atoms with E-state index >= 15 is 0 Å². The molecule has 0 aromatic heterocycles. The molecule has 4 nitrogen and oxygen atoms in total. The number of amides is 1. The Balaban J connectivity index is 2.68. The summed E-state index contributed by atoms with van der Waals surface area (Å²) < 4.78 is 0. The molecular formula is C12H24N2O2. The maximum absolute atomic E-state index is 12.3. The molecule has 0 spiro atoms. The molecule has 1 heterocycles. The number of nitrogens with zero attached hydrogens (tertiary/aromatic N) is 1. The smallest absolute Gasteiger partial charge is 0.229 e. The third-order valence-electron chi connectivity index (χ3n) is 3.89. The second-order valence-electron chi connectivity index (χ2n) is 5.20. The summed E-state index contributed by atoms with van der Waals surface area (Å²) in [6.07, 6.45) is 1.17. The van der Waals surface area contributed by atoms with E-state index in [9.17, 15) is 9.90 Å². The summed E-state index contributed by atoms with van der Waals surface area (Å²) in [5.74, 6) is 0.299. The minimum Gasteiger partial charge on any atom is -0.393 e. The van der Waals surface area contributed by atoms with Crippen molar-refractivity contribution in [2.24, 2.45) is 17.1 Å². The number of hydrogen-bond donors (Lipinski definition) is 2. The van der Waals surface area contributed by atoms with Crippen LogP contribution < -0.4 is 5.73 Å². The molecule has 4 heteroatoms. The van der Waals surface area contributed by atoms with Crippen molar-refractivity contribution < 1.29 is 9.90 Å². The van der Waals surface area contributed by atoms with Gasteiger partial charge in [-0.05, 0) is 25.7 Å². The van der Waals surface area contributed by atoms with Gasteiger partial charge < -0.3 is 15.7 Å². The van der Waals surface area contributed by atoms with E-state index in [1.165, 1.54) is 0 Å². The van der Waals surface area contributed by atoms with Crippen LogP contribution in [0.15, 0.2) is 0 Å². The highest BCUT2D eigenvalue weighted by Crippen LogP contribution is 2.26. The number of hydrogen-bond acceptors (Lipinski definition) is 3. The SMILES string of the molecule is CCC(C)(CN)C(=O)N1CCC(O)C(C)C1. The van der Waals surface area contributed by atoms with Crippen molar-refractivity contribution in [1.29, 1.82) is 0 Å². The van der Waals surface area contributed by atoms with Gasteiger partial charge in [0.05, 0.1) is 11.5 Å². The van der Waals surface area contributed by atoms with Crippen molar-refractivity contribution in [3.8, 4) is 0 Å². The molecule has 0 bridgehead atoms. The van der Waals surface area contributed by atoms with Crippen LogP contribution in [0.25, 0.3) is 0 Å². The zero-order valence-electron chi connectivity index (χ0n) is 10.6. The Labute approximate surface area is 97.8 Å². The molecule has 0 radical (unpaired) electrons. The lowest BCUT2D eigenvalue weighted by atomic mass is 9.84. The van der Waals surface area contributed by atoms with Crippen molar-refractivity contribution in [1.82, 2.24) is 4.90 Å². The molecule has 3 N–H and O–H groups in total. The topological polar surface area (TPSA) is 66.6 Å². The van der Waals surface area contributed by atoms with Crippen LogP contribution in [0.4, 0.5) is 0 Å². The Bertz CT molecular complexity index is 251. The maximum atomic E-state index is 12.3. The highest BCUT2D eigenvalue weighted by molar-refractivity contribution is 5.82. The van der Waals surface area contributed by atoms with E-state index in [1.807, 2.05) is 25.7 Å². The Morgan fingerprint density at radius 3 is 2.69 bits per heavy atom. The zero-order valence-corrected chi connectivity index (χ0v) is 10.6. The second-order valence-corrected chi connectivity index (χ2v) is 5.20. The molecule has 0 aromatic rings. The fraction of sp³-hybridized carbons (Fsp3) is 0.917. The predicted molar refractivity (Wildman–Crippen MR) is 63.8 cm³/mol. The van der Waals surface area contributed by atoms with Crippen LogP contribution in [-0.4, -0.2) is 41.7 Å². The second kappa shape index (κ2) is 5.15. The van der Waals surface area contributed by atoms with Gasteiger partial charge in [-0.2, -0.15) is 0 Å². The van der Waals surface area contributed by atoms with E-state index in [4.69, 9.17) is 5.73 Å². The molecular weight excluding hydrogens is 204 g/mol. The highest BCUT2D eigenvalue weighted by atomic mass is 16.3. The zero-order chi connectivity index (χ0) is 12.3. The third-order valence-corrected chi connectivity index (χ3v) is 3.89. The number of nitrogens with two attached hydrogens (primary N) is 1. The Morgan fingerprint density at radius 2 is 2.25 bits per heavy atom. The maximum Gasteiger partial charge on any atom is 0.229 e. The van der Waals surface area contributed by atoms with Crippen LogP contribution in [0.5, 0.6) is 0 Å². The number of piperidine rings is 1. The van der Waals surface area contributed by atoms with Gasteiger partial charge in [-0.1, -0.05) is 13.8 Å². The molecule has 3 atom stereocenters. The van der Waals surface area contributed by atoms with Gasteiger partial charge in [0.25, 0.3) is 0 Å². The highest BCUT2D eigenvalue weighted by Gasteiger charge is 2.36. The van der Waals surface area contributed by atoms with Crippen LogP contribution in [0.2, 0.25) is 0 Å². The summed E-state index contributed by atoms with van der Waals surface area (Å²) in [4.78, 5) is 14.2. The first kappa shape index (κ1) is 13.5. The standard InChI is InChI=1S/C12H24N2O2/c1-4-12(3,8-13)11(16)14-6-5-10(15)9(2)7-14/h9-10,15H,4-8,13H2,1-3H3. The largest absolute Gasteiger partial charge is 0.393 e. The number of carbonyl (C=O) groups is 1. The molecule has 0 saturated carbocycles. The van der Waals surface area contributed by atoms with E-state index in [-0.39, 0.29) is 17.9 Å². The molecule has 1 aliphatic rings. The number of aliphatic hydroxyl groups is 1. The van der Waals surface area contributed by atoms with Gasteiger partial charge in [0.1, 0.15) is 0 Å². The monoisotopic (exact) mass is 228 g/mol. The minimum absolute atomic E-state index is 0.135. The molecule has 1 rings (SSSR count).